The lowest BCUT2D eigenvalue weighted by atomic mass is 10.0. The zero-order chi connectivity index (χ0) is 25.5. The number of nitrogen functional groups attached to an aromatic ring is 1. The molecule has 0 saturated carbocycles. The van der Waals surface area contributed by atoms with E-state index in [2.05, 4.69) is 20.3 Å². The quantitative estimate of drug-likeness (QED) is 0.229. The van der Waals surface area contributed by atoms with Crippen LogP contribution in [0.15, 0.2) is 55.1 Å². The lowest BCUT2D eigenvalue weighted by molar-refractivity contribution is -0.489. The van der Waals surface area contributed by atoms with Crippen LogP contribution in [-0.4, -0.2) is 65.2 Å². The summed E-state index contributed by atoms with van der Waals surface area (Å²) in [4.78, 5) is 27.7. The Balaban J connectivity index is 1.81. The van der Waals surface area contributed by atoms with Gasteiger partial charge in [0, 0.05) is 18.2 Å². The maximum Gasteiger partial charge on any atom is 0.254 e. The predicted molar refractivity (Wildman–Crippen MR) is 137 cm³/mol. The molecule has 0 amide bonds. The number of ether oxygens (including phenoxy) is 1. The maximum absolute atomic E-state index is 12.3. The number of anilines is 4. The summed E-state index contributed by atoms with van der Waals surface area (Å²) >= 11 is 0. The molecule has 0 unspecified atom stereocenters. The molecule has 4 N–H and O–H groups in total. The maximum atomic E-state index is 12.3. The van der Waals surface area contributed by atoms with Gasteiger partial charge in [-0.05, 0) is 44.8 Å². The second-order valence-corrected chi connectivity index (χ2v) is 8.04. The number of hydrogen-bond donors (Lipinski definition) is 3. The number of hydrazine groups is 1. The molecule has 0 radical (unpaired) electrons. The molecular formula is C24H30N9O2+. The summed E-state index contributed by atoms with van der Waals surface area (Å²) in [6.45, 7) is 2.58. The monoisotopic (exact) mass is 476 g/mol. The second-order valence-electron chi connectivity index (χ2n) is 8.04. The van der Waals surface area contributed by atoms with Gasteiger partial charge in [0.25, 0.3) is 6.20 Å². The molecule has 3 aromatic rings. The number of likely N-dealkylation sites (N-methyl/N-ethyl adjacent to an activating group) is 1. The molecule has 0 spiro atoms. The highest BCUT2D eigenvalue weighted by Crippen LogP contribution is 2.27. The van der Waals surface area contributed by atoms with Crippen LogP contribution in [0.4, 0.5) is 23.1 Å². The van der Waals surface area contributed by atoms with E-state index in [0.29, 0.717) is 40.7 Å². The van der Waals surface area contributed by atoms with E-state index in [1.807, 2.05) is 38.1 Å². The Kier molecular flexibility index (Phi) is 8.05. The van der Waals surface area contributed by atoms with Gasteiger partial charge in [0.15, 0.2) is 4.87 Å². The number of aromatic nitrogens is 3. The van der Waals surface area contributed by atoms with Crippen molar-refractivity contribution >= 4 is 28.9 Å². The van der Waals surface area contributed by atoms with Crippen LogP contribution in [0, 0.1) is 17.2 Å². The molecule has 0 aliphatic heterocycles. The Hall–Kier alpha value is -4.38. The van der Waals surface area contributed by atoms with Crippen LogP contribution in [0.1, 0.15) is 16.7 Å². The second kappa shape index (κ2) is 11.2. The van der Waals surface area contributed by atoms with Gasteiger partial charge in [-0.3, -0.25) is 5.41 Å². The number of nitrogens with one attached hydrogen (secondary N) is 2. The van der Waals surface area contributed by atoms with E-state index in [0.717, 1.165) is 10.4 Å². The lowest BCUT2D eigenvalue weighted by Gasteiger charge is -2.14. The van der Waals surface area contributed by atoms with Crippen LogP contribution in [0.2, 0.25) is 0 Å². The van der Waals surface area contributed by atoms with Crippen LogP contribution >= 0.6 is 0 Å². The number of rotatable bonds is 10. The van der Waals surface area contributed by atoms with Gasteiger partial charge in [-0.25, -0.2) is 15.0 Å². The summed E-state index contributed by atoms with van der Waals surface area (Å²) < 4.78 is 5.39. The van der Waals surface area contributed by atoms with Gasteiger partial charge >= 0.3 is 0 Å². The van der Waals surface area contributed by atoms with Crippen LogP contribution in [0.25, 0.3) is 0 Å². The fraction of sp³-hybridized carbons (Fsp3) is 0.250. The Labute approximate surface area is 204 Å². The van der Waals surface area contributed by atoms with Crippen molar-refractivity contribution in [3.63, 3.8) is 0 Å². The Bertz CT molecular complexity index is 1240. The summed E-state index contributed by atoms with van der Waals surface area (Å²) in [6, 6.07) is 8.94. The third-order valence-corrected chi connectivity index (χ3v) is 5.19. The van der Waals surface area contributed by atoms with Crippen molar-refractivity contribution in [1.82, 2.24) is 19.9 Å². The standard InChI is InChI=1S/C24H30N9O2/c1-16-7-8-17(13-19(16)35-5)22(25)21-23(26)28-15-29-24(21)30-20-10-9-18(14-27-20)32(4)33(34)12-6-11-31(2)3/h6-10,12-15,25H,11H2,1-5H3,(H3,26,27,28,29,30)/q+1/b12-6+,25-22?. The number of methoxy groups -OCH3 is 1. The zero-order valence-corrected chi connectivity index (χ0v) is 20.5. The van der Waals surface area contributed by atoms with Gasteiger partial charge in [-0.1, -0.05) is 12.1 Å². The van der Waals surface area contributed by atoms with E-state index >= 15 is 0 Å². The van der Waals surface area contributed by atoms with Gasteiger partial charge in [-0.15, -0.1) is 5.01 Å². The largest absolute Gasteiger partial charge is 0.496 e. The fourth-order valence-electron chi connectivity index (χ4n) is 3.19. The Morgan fingerprint density at radius 2 is 1.97 bits per heavy atom. The molecule has 0 aliphatic rings. The minimum Gasteiger partial charge on any atom is -0.496 e. The summed E-state index contributed by atoms with van der Waals surface area (Å²) in [6.07, 6.45) is 6.11. The van der Waals surface area contributed by atoms with Crippen molar-refractivity contribution in [3.8, 4) is 5.75 Å². The molecule has 0 saturated heterocycles. The van der Waals surface area contributed by atoms with Gasteiger partial charge in [0.2, 0.25) is 0 Å². The van der Waals surface area contributed by atoms with E-state index in [9.17, 15) is 4.91 Å². The molecule has 3 rings (SSSR count). The molecule has 0 bridgehead atoms. The number of benzene rings is 1. The molecule has 2 heterocycles. The SMILES string of the molecule is COc1cc(C(=N)c2c(N)ncnc2Nc2ccc(N(C)[N+](=O)/C=C/CN(C)C)cn2)ccc1C. The van der Waals surface area contributed by atoms with Gasteiger partial charge in [-0.2, -0.15) is 0 Å². The Morgan fingerprint density at radius 1 is 1.20 bits per heavy atom. The minimum atomic E-state index is 0.145. The third-order valence-electron chi connectivity index (χ3n) is 5.19. The average Bonchev–Trinajstić information content (AvgIpc) is 2.84. The highest BCUT2D eigenvalue weighted by atomic mass is 16.5. The fourth-order valence-corrected chi connectivity index (χ4v) is 3.19. The van der Waals surface area contributed by atoms with Gasteiger partial charge in [0.1, 0.15) is 35.2 Å². The van der Waals surface area contributed by atoms with Crippen LogP contribution < -0.4 is 20.8 Å². The third kappa shape index (κ3) is 6.15. The molecule has 1 aromatic carbocycles. The minimum absolute atomic E-state index is 0.145. The molecular weight excluding hydrogens is 446 g/mol. The normalized spacial score (nSPS) is 11.0. The number of nitrogens with zero attached hydrogens (tertiary/aromatic N) is 6. The molecule has 11 heteroatoms. The van der Waals surface area contributed by atoms with Gasteiger partial charge in [0.05, 0.1) is 36.5 Å². The first kappa shape index (κ1) is 25.2. The van der Waals surface area contributed by atoms with Crippen LogP contribution in [-0.2, 0) is 0 Å². The highest BCUT2D eigenvalue weighted by Gasteiger charge is 2.19. The summed E-state index contributed by atoms with van der Waals surface area (Å²) in [5.74, 6) is 1.64. The first-order valence-corrected chi connectivity index (χ1v) is 10.8. The number of nitrogens with two attached hydrogens (primary N) is 1. The number of aryl methyl sites for hydroxylation is 1. The van der Waals surface area contributed by atoms with Crippen LogP contribution in [0.5, 0.6) is 5.75 Å². The molecule has 182 valence electrons. The van der Waals surface area contributed by atoms with Crippen molar-refractivity contribution in [2.45, 2.75) is 6.92 Å². The topological polar surface area (TPSA) is 136 Å². The highest BCUT2D eigenvalue weighted by molar-refractivity contribution is 6.16. The van der Waals surface area contributed by atoms with E-state index < -0.39 is 0 Å². The van der Waals surface area contributed by atoms with Crippen molar-refractivity contribution in [3.05, 3.63) is 76.7 Å². The lowest BCUT2D eigenvalue weighted by Crippen LogP contribution is -2.25. The molecule has 0 aliphatic carbocycles. The van der Waals surface area contributed by atoms with Gasteiger partial charge < -0.3 is 20.7 Å². The molecule has 35 heavy (non-hydrogen) atoms. The van der Waals surface area contributed by atoms with Crippen molar-refractivity contribution in [2.75, 3.05) is 50.9 Å². The smallest absolute Gasteiger partial charge is 0.254 e. The van der Waals surface area contributed by atoms with E-state index in [1.165, 1.54) is 17.5 Å². The molecule has 11 nitrogen and oxygen atoms in total. The Morgan fingerprint density at radius 3 is 2.63 bits per heavy atom. The molecule has 2 aromatic heterocycles. The first-order chi connectivity index (χ1) is 16.7. The zero-order valence-electron chi connectivity index (χ0n) is 20.5. The number of hydrogen-bond acceptors (Lipinski definition) is 9. The van der Waals surface area contributed by atoms with E-state index in [4.69, 9.17) is 15.9 Å². The van der Waals surface area contributed by atoms with E-state index in [-0.39, 0.29) is 11.5 Å². The summed E-state index contributed by atoms with van der Waals surface area (Å²) in [7, 11) is 7.09. The molecule has 0 fully saturated rings. The predicted octanol–water partition coefficient (Wildman–Crippen LogP) is 3.14. The van der Waals surface area contributed by atoms with Crippen molar-refractivity contribution < 1.29 is 9.61 Å². The summed E-state index contributed by atoms with van der Waals surface area (Å²) in [5.41, 5.74) is 8.79. The first-order valence-electron chi connectivity index (χ1n) is 10.8. The van der Waals surface area contributed by atoms with Crippen molar-refractivity contribution in [2.24, 2.45) is 0 Å². The number of pyridine rings is 1. The number of nitroso groups, excluding NO2 is 1. The van der Waals surface area contributed by atoms with Crippen LogP contribution in [0.3, 0.4) is 0 Å². The summed E-state index contributed by atoms with van der Waals surface area (Å²) in [5, 5.41) is 13.3. The van der Waals surface area contributed by atoms with E-state index in [1.54, 1.807) is 44.6 Å². The van der Waals surface area contributed by atoms with Crippen molar-refractivity contribution in [1.29, 1.82) is 5.41 Å². The average molecular weight is 477 g/mol. The molecule has 0 atom stereocenters.